The molecule has 0 fully saturated rings. The van der Waals surface area contributed by atoms with Gasteiger partial charge in [-0.05, 0) is 29.7 Å². The van der Waals surface area contributed by atoms with Crippen molar-refractivity contribution in [3.05, 3.63) is 60.1 Å². The fraction of sp³-hybridized carbons (Fsp3) is 0. The molecular formula is C13H9ClN2. The normalized spacial score (nSPS) is 10.8. The van der Waals surface area contributed by atoms with Crippen LogP contribution in [0.25, 0.3) is 16.5 Å². The van der Waals surface area contributed by atoms with Crippen LogP contribution >= 0.6 is 11.6 Å². The highest BCUT2D eigenvalue weighted by molar-refractivity contribution is 6.33. The maximum atomic E-state index is 6.25. The molecule has 1 aromatic carbocycles. The third-order valence-corrected chi connectivity index (χ3v) is 2.91. The first-order chi connectivity index (χ1) is 7.86. The molecule has 16 heavy (non-hydrogen) atoms. The molecule has 0 aliphatic carbocycles. The van der Waals surface area contributed by atoms with Gasteiger partial charge in [0.2, 0.25) is 0 Å². The lowest BCUT2D eigenvalue weighted by atomic mass is 10.1. The molecule has 0 saturated carbocycles. The van der Waals surface area contributed by atoms with Crippen LogP contribution in [0.15, 0.2) is 55.1 Å². The van der Waals surface area contributed by atoms with Gasteiger partial charge in [-0.3, -0.25) is 4.98 Å². The Labute approximate surface area is 98.1 Å². The zero-order valence-corrected chi connectivity index (χ0v) is 9.22. The van der Waals surface area contributed by atoms with Crippen LogP contribution in [0.1, 0.15) is 0 Å². The molecule has 0 amide bonds. The Morgan fingerprint density at radius 3 is 2.69 bits per heavy atom. The Morgan fingerprint density at radius 1 is 1.06 bits per heavy atom. The molecule has 2 aromatic heterocycles. The highest BCUT2D eigenvalue weighted by Gasteiger charge is 2.07. The van der Waals surface area contributed by atoms with Crippen LogP contribution < -0.4 is 0 Å². The maximum Gasteiger partial charge on any atom is 0.0731 e. The van der Waals surface area contributed by atoms with Gasteiger partial charge in [0.15, 0.2) is 0 Å². The number of hydrogen-bond donors (Lipinski definition) is 0. The zero-order valence-electron chi connectivity index (χ0n) is 8.47. The van der Waals surface area contributed by atoms with Gasteiger partial charge in [0.25, 0.3) is 0 Å². The summed E-state index contributed by atoms with van der Waals surface area (Å²) in [6, 6.07) is 9.86. The molecule has 3 aromatic rings. The lowest BCUT2D eigenvalue weighted by molar-refractivity contribution is 1.09. The average Bonchev–Trinajstić information content (AvgIpc) is 2.82. The number of hydrogen-bond acceptors (Lipinski definition) is 1. The van der Waals surface area contributed by atoms with Crippen LogP contribution in [0.5, 0.6) is 0 Å². The van der Waals surface area contributed by atoms with Crippen LogP contribution in [-0.2, 0) is 0 Å². The summed E-state index contributed by atoms with van der Waals surface area (Å²) in [5, 5.41) is 2.94. The van der Waals surface area contributed by atoms with Crippen molar-refractivity contribution >= 4 is 22.4 Å². The van der Waals surface area contributed by atoms with Gasteiger partial charge in [0, 0.05) is 30.2 Å². The highest BCUT2D eigenvalue weighted by Crippen LogP contribution is 2.28. The topological polar surface area (TPSA) is 17.8 Å². The third-order valence-electron chi connectivity index (χ3n) is 2.61. The fourth-order valence-electron chi connectivity index (χ4n) is 1.86. The van der Waals surface area contributed by atoms with Crippen LogP contribution in [0.3, 0.4) is 0 Å². The van der Waals surface area contributed by atoms with E-state index in [1.165, 1.54) is 0 Å². The Hall–Kier alpha value is -1.80. The van der Waals surface area contributed by atoms with Crippen molar-refractivity contribution in [2.75, 3.05) is 0 Å². The number of rotatable bonds is 1. The summed E-state index contributed by atoms with van der Waals surface area (Å²) < 4.78 is 2.01. The first-order valence-corrected chi connectivity index (χ1v) is 5.39. The SMILES string of the molecule is Clc1ccc2ccncc2c1-n1cccc1. The molecule has 0 atom stereocenters. The largest absolute Gasteiger partial charge is 0.322 e. The lowest BCUT2D eigenvalue weighted by Crippen LogP contribution is -1.93. The van der Waals surface area contributed by atoms with Crippen molar-refractivity contribution in [1.82, 2.24) is 9.55 Å². The number of halogens is 1. The number of benzene rings is 1. The Morgan fingerprint density at radius 2 is 1.88 bits per heavy atom. The summed E-state index contributed by atoms with van der Waals surface area (Å²) in [6.07, 6.45) is 7.59. The molecule has 0 radical (unpaired) electrons. The number of nitrogens with zero attached hydrogens (tertiary/aromatic N) is 2. The minimum absolute atomic E-state index is 0.733. The van der Waals surface area contributed by atoms with Gasteiger partial charge in [0.05, 0.1) is 10.7 Å². The fourth-order valence-corrected chi connectivity index (χ4v) is 2.13. The van der Waals surface area contributed by atoms with Crippen LogP contribution in [0.2, 0.25) is 5.02 Å². The molecule has 0 bridgehead atoms. The van der Waals surface area contributed by atoms with Crippen molar-refractivity contribution in [3.8, 4) is 5.69 Å². The van der Waals surface area contributed by atoms with E-state index in [-0.39, 0.29) is 0 Å². The van der Waals surface area contributed by atoms with Gasteiger partial charge in [-0.15, -0.1) is 0 Å². The average molecular weight is 229 g/mol. The Bertz CT molecular complexity index is 629. The molecule has 78 valence electrons. The molecule has 3 rings (SSSR count). The summed E-state index contributed by atoms with van der Waals surface area (Å²) in [5.41, 5.74) is 0.984. The Kier molecular flexibility index (Phi) is 2.15. The smallest absolute Gasteiger partial charge is 0.0731 e. The molecule has 2 heterocycles. The second kappa shape index (κ2) is 3.65. The first-order valence-electron chi connectivity index (χ1n) is 5.02. The number of fused-ring (bicyclic) bond motifs is 1. The van der Waals surface area contributed by atoms with Gasteiger partial charge < -0.3 is 4.57 Å². The summed E-state index contributed by atoms with van der Waals surface area (Å²) in [4.78, 5) is 4.15. The van der Waals surface area contributed by atoms with Crippen molar-refractivity contribution in [3.63, 3.8) is 0 Å². The molecule has 0 N–H and O–H groups in total. The Balaban J connectivity index is 2.42. The monoisotopic (exact) mass is 228 g/mol. The van der Waals surface area contributed by atoms with E-state index in [9.17, 15) is 0 Å². The van der Waals surface area contributed by atoms with E-state index in [0.29, 0.717) is 0 Å². The van der Waals surface area contributed by atoms with Gasteiger partial charge >= 0.3 is 0 Å². The van der Waals surface area contributed by atoms with Gasteiger partial charge in [-0.2, -0.15) is 0 Å². The zero-order chi connectivity index (χ0) is 11.0. The minimum atomic E-state index is 0.733. The van der Waals surface area contributed by atoms with E-state index >= 15 is 0 Å². The van der Waals surface area contributed by atoms with Crippen LogP contribution in [0.4, 0.5) is 0 Å². The molecular weight excluding hydrogens is 220 g/mol. The van der Waals surface area contributed by atoms with E-state index in [2.05, 4.69) is 4.98 Å². The van der Waals surface area contributed by atoms with Crippen LogP contribution in [0, 0.1) is 0 Å². The van der Waals surface area contributed by atoms with Gasteiger partial charge in [-0.1, -0.05) is 17.7 Å². The van der Waals surface area contributed by atoms with E-state index in [4.69, 9.17) is 11.6 Å². The highest BCUT2D eigenvalue weighted by atomic mass is 35.5. The van der Waals surface area contributed by atoms with Crippen molar-refractivity contribution < 1.29 is 0 Å². The lowest BCUT2D eigenvalue weighted by Gasteiger charge is -2.09. The number of aromatic nitrogens is 2. The molecule has 0 spiro atoms. The molecule has 2 nitrogen and oxygen atoms in total. The second-order valence-corrected chi connectivity index (χ2v) is 3.99. The molecule has 0 saturated heterocycles. The molecule has 0 aliphatic rings. The second-order valence-electron chi connectivity index (χ2n) is 3.58. The molecule has 3 heteroatoms. The summed E-state index contributed by atoms with van der Waals surface area (Å²) in [7, 11) is 0. The standard InChI is InChI=1S/C13H9ClN2/c14-12-4-3-10-5-6-15-9-11(10)13(12)16-7-1-2-8-16/h1-9H. The maximum absolute atomic E-state index is 6.25. The van der Waals surface area contributed by atoms with Gasteiger partial charge in [0.1, 0.15) is 0 Å². The van der Waals surface area contributed by atoms with Crippen LogP contribution in [-0.4, -0.2) is 9.55 Å². The third kappa shape index (κ3) is 1.39. The van der Waals surface area contributed by atoms with Crippen molar-refractivity contribution in [1.29, 1.82) is 0 Å². The van der Waals surface area contributed by atoms with E-state index in [0.717, 1.165) is 21.5 Å². The van der Waals surface area contributed by atoms with Crippen molar-refractivity contribution in [2.45, 2.75) is 0 Å². The van der Waals surface area contributed by atoms with E-state index in [1.807, 2.05) is 53.5 Å². The van der Waals surface area contributed by atoms with E-state index < -0.39 is 0 Å². The molecule has 0 aliphatic heterocycles. The predicted molar refractivity (Wildman–Crippen MR) is 66.1 cm³/mol. The molecule has 0 unspecified atom stereocenters. The predicted octanol–water partition coefficient (Wildman–Crippen LogP) is 3.68. The van der Waals surface area contributed by atoms with Gasteiger partial charge in [-0.25, -0.2) is 0 Å². The summed E-state index contributed by atoms with van der Waals surface area (Å²) in [6.45, 7) is 0. The quantitative estimate of drug-likeness (QED) is 0.621. The number of pyridine rings is 1. The summed E-state index contributed by atoms with van der Waals surface area (Å²) >= 11 is 6.25. The van der Waals surface area contributed by atoms with E-state index in [1.54, 1.807) is 6.20 Å². The first kappa shape index (κ1) is 9.43. The van der Waals surface area contributed by atoms with Crippen molar-refractivity contribution in [2.24, 2.45) is 0 Å². The minimum Gasteiger partial charge on any atom is -0.322 e. The summed E-state index contributed by atoms with van der Waals surface area (Å²) in [5.74, 6) is 0.